The molecule has 29 heavy (non-hydrogen) atoms. The summed E-state index contributed by atoms with van der Waals surface area (Å²) in [6, 6.07) is 10.6. The van der Waals surface area contributed by atoms with Gasteiger partial charge in [0, 0.05) is 7.05 Å². The van der Waals surface area contributed by atoms with Gasteiger partial charge in [0.25, 0.3) is 0 Å². The molecule has 0 saturated carbocycles. The lowest BCUT2D eigenvalue weighted by atomic mass is 10.0. The molecule has 9 heteroatoms. The van der Waals surface area contributed by atoms with Crippen LogP contribution in [0.1, 0.15) is 29.7 Å². The van der Waals surface area contributed by atoms with E-state index >= 15 is 0 Å². The molecule has 0 aliphatic rings. The van der Waals surface area contributed by atoms with Gasteiger partial charge >= 0.3 is 0 Å². The molecule has 1 heterocycles. The van der Waals surface area contributed by atoms with E-state index in [0.717, 1.165) is 11.1 Å². The molecule has 1 aromatic heterocycles. The summed E-state index contributed by atoms with van der Waals surface area (Å²) in [5, 5.41) is 8.81. The topological polar surface area (TPSA) is 107 Å². The van der Waals surface area contributed by atoms with E-state index < -0.39 is 10.0 Å². The second kappa shape index (κ2) is 8.17. The summed E-state index contributed by atoms with van der Waals surface area (Å²) in [6.45, 7) is 6.06. The van der Waals surface area contributed by atoms with Crippen molar-refractivity contribution < 1.29 is 13.2 Å². The predicted molar refractivity (Wildman–Crippen MR) is 115 cm³/mol. The normalized spacial score (nSPS) is 12.9. The average molecular weight is 433 g/mol. The molecule has 1 amide bonds. The Morgan fingerprint density at radius 1 is 1.21 bits per heavy atom. The van der Waals surface area contributed by atoms with Crippen molar-refractivity contribution in [2.45, 2.75) is 36.9 Å². The van der Waals surface area contributed by atoms with Gasteiger partial charge in [0.05, 0.1) is 27.7 Å². The number of nitrogens with zero attached hydrogens (tertiary/aromatic N) is 2. The molecular formula is C20H24N4O3S2. The Morgan fingerprint density at radius 2 is 1.93 bits per heavy atom. The first-order valence-electron chi connectivity index (χ1n) is 9.05. The molecule has 7 nitrogen and oxygen atoms in total. The molecular weight excluding hydrogens is 408 g/mol. The number of amides is 1. The summed E-state index contributed by atoms with van der Waals surface area (Å²) in [6.07, 6.45) is 0. The van der Waals surface area contributed by atoms with E-state index in [9.17, 15) is 13.2 Å². The van der Waals surface area contributed by atoms with Gasteiger partial charge in [0.15, 0.2) is 5.16 Å². The first-order chi connectivity index (χ1) is 13.6. The molecule has 0 unspecified atom stereocenters. The van der Waals surface area contributed by atoms with Crippen LogP contribution in [-0.2, 0) is 21.9 Å². The highest BCUT2D eigenvalue weighted by molar-refractivity contribution is 7.99. The van der Waals surface area contributed by atoms with E-state index in [1.54, 1.807) is 6.07 Å². The number of carbonyl (C=O) groups excluding carboxylic acids is 1. The van der Waals surface area contributed by atoms with Gasteiger partial charge in [-0.3, -0.25) is 4.79 Å². The van der Waals surface area contributed by atoms with Crippen LogP contribution in [0.15, 0.2) is 46.5 Å². The van der Waals surface area contributed by atoms with Crippen LogP contribution >= 0.6 is 11.8 Å². The van der Waals surface area contributed by atoms with Crippen LogP contribution in [0.2, 0.25) is 0 Å². The molecule has 154 valence electrons. The molecule has 1 atom stereocenters. The summed E-state index contributed by atoms with van der Waals surface area (Å²) in [4.78, 5) is 16.9. The minimum absolute atomic E-state index is 0.0135. The van der Waals surface area contributed by atoms with Crippen molar-refractivity contribution in [3.05, 3.63) is 53.1 Å². The fourth-order valence-corrected chi connectivity index (χ4v) is 4.33. The number of nitrogens with two attached hydrogens (primary N) is 1. The van der Waals surface area contributed by atoms with E-state index in [-0.39, 0.29) is 22.6 Å². The number of carbonyl (C=O) groups is 1. The van der Waals surface area contributed by atoms with E-state index in [4.69, 9.17) is 5.14 Å². The number of imidazole rings is 1. The first-order valence-corrected chi connectivity index (χ1v) is 11.6. The van der Waals surface area contributed by atoms with Crippen molar-refractivity contribution in [1.82, 2.24) is 14.9 Å². The number of sulfonamides is 1. The fourth-order valence-electron chi connectivity index (χ4n) is 2.99. The van der Waals surface area contributed by atoms with E-state index in [1.165, 1.54) is 35.0 Å². The molecule has 0 spiro atoms. The highest BCUT2D eigenvalue weighted by Gasteiger charge is 2.15. The predicted octanol–water partition coefficient (Wildman–Crippen LogP) is 2.81. The van der Waals surface area contributed by atoms with Gasteiger partial charge in [-0.05, 0) is 55.7 Å². The van der Waals surface area contributed by atoms with Crippen LogP contribution in [0.3, 0.4) is 0 Å². The van der Waals surface area contributed by atoms with Gasteiger partial charge in [-0.1, -0.05) is 30.0 Å². The lowest BCUT2D eigenvalue weighted by molar-refractivity contribution is -0.119. The van der Waals surface area contributed by atoms with Gasteiger partial charge in [-0.2, -0.15) is 0 Å². The van der Waals surface area contributed by atoms with Crippen LogP contribution in [-0.4, -0.2) is 29.6 Å². The molecule has 0 aliphatic heterocycles. The Kier molecular flexibility index (Phi) is 6.02. The Bertz CT molecular complexity index is 1190. The second-order valence-electron chi connectivity index (χ2n) is 7.07. The number of aromatic nitrogens is 2. The molecule has 0 radical (unpaired) electrons. The zero-order valence-electron chi connectivity index (χ0n) is 16.8. The van der Waals surface area contributed by atoms with Gasteiger partial charge < -0.3 is 9.88 Å². The van der Waals surface area contributed by atoms with Gasteiger partial charge in [0.1, 0.15) is 0 Å². The lowest BCUT2D eigenvalue weighted by Gasteiger charge is -2.15. The molecule has 0 fully saturated rings. The minimum atomic E-state index is -3.79. The molecule has 0 bridgehead atoms. The zero-order valence-corrected chi connectivity index (χ0v) is 18.4. The highest BCUT2D eigenvalue weighted by atomic mass is 32.2. The third-order valence-corrected chi connectivity index (χ3v) is 6.82. The standard InChI is InChI=1S/C20H24N4O3S2/c1-12-5-6-15(9-13(12)2)14(3)22-19(25)11-28-20-23-17-10-16(29(21,26)27)7-8-18(17)24(20)4/h5-10,14H,11H2,1-4H3,(H,22,25)(H2,21,26,27)/t14-/m0/s1. The maximum absolute atomic E-state index is 12.4. The van der Waals surface area contributed by atoms with Crippen LogP contribution in [0.25, 0.3) is 11.0 Å². The number of fused-ring (bicyclic) bond motifs is 1. The second-order valence-corrected chi connectivity index (χ2v) is 9.57. The zero-order chi connectivity index (χ0) is 21.3. The summed E-state index contributed by atoms with van der Waals surface area (Å²) < 4.78 is 24.9. The SMILES string of the molecule is Cc1ccc([C@H](C)NC(=O)CSc2nc3cc(S(N)(=O)=O)ccc3n2C)cc1C. The van der Waals surface area contributed by atoms with Crippen molar-refractivity contribution in [2.24, 2.45) is 12.2 Å². The van der Waals surface area contributed by atoms with Gasteiger partial charge in [-0.25, -0.2) is 18.5 Å². The van der Waals surface area contributed by atoms with E-state index in [1.807, 2.05) is 24.6 Å². The maximum Gasteiger partial charge on any atom is 0.238 e. The number of thioether (sulfide) groups is 1. The Hall–Kier alpha value is -2.36. The van der Waals surface area contributed by atoms with Crippen LogP contribution < -0.4 is 10.5 Å². The van der Waals surface area contributed by atoms with Crippen LogP contribution in [0.4, 0.5) is 0 Å². The Morgan fingerprint density at radius 3 is 2.59 bits per heavy atom. The monoisotopic (exact) mass is 432 g/mol. The first kappa shape index (κ1) is 21.4. The number of aryl methyl sites for hydroxylation is 3. The molecule has 3 rings (SSSR count). The van der Waals surface area contributed by atoms with E-state index in [2.05, 4.69) is 36.3 Å². The lowest BCUT2D eigenvalue weighted by Crippen LogP contribution is -2.28. The Balaban J connectivity index is 1.68. The van der Waals surface area contributed by atoms with Crippen molar-refractivity contribution in [1.29, 1.82) is 0 Å². The highest BCUT2D eigenvalue weighted by Crippen LogP contribution is 2.25. The third kappa shape index (κ3) is 4.80. The molecule has 0 saturated heterocycles. The summed E-state index contributed by atoms with van der Waals surface area (Å²) in [5.74, 6) is 0.104. The fraction of sp³-hybridized carbons (Fsp3) is 0.300. The average Bonchev–Trinajstić information content (AvgIpc) is 2.97. The molecule has 2 aromatic carbocycles. The Labute approximate surface area is 174 Å². The number of rotatable bonds is 6. The van der Waals surface area contributed by atoms with Crippen LogP contribution in [0.5, 0.6) is 0 Å². The maximum atomic E-state index is 12.4. The third-order valence-electron chi connectivity index (χ3n) is 4.88. The van der Waals surface area contributed by atoms with Crippen molar-refractivity contribution in [3.63, 3.8) is 0 Å². The number of nitrogens with one attached hydrogen (secondary N) is 1. The molecule has 3 aromatic rings. The van der Waals surface area contributed by atoms with Crippen molar-refractivity contribution in [2.75, 3.05) is 5.75 Å². The van der Waals surface area contributed by atoms with E-state index in [0.29, 0.717) is 10.7 Å². The number of benzene rings is 2. The van der Waals surface area contributed by atoms with Crippen molar-refractivity contribution >= 4 is 38.7 Å². The summed E-state index contributed by atoms with van der Waals surface area (Å²) in [5.41, 5.74) is 4.76. The molecule has 3 N–H and O–H groups in total. The number of primary sulfonamides is 1. The number of hydrogen-bond donors (Lipinski definition) is 2. The number of hydrogen-bond acceptors (Lipinski definition) is 5. The minimum Gasteiger partial charge on any atom is -0.349 e. The summed E-state index contributed by atoms with van der Waals surface area (Å²) >= 11 is 1.30. The van der Waals surface area contributed by atoms with Gasteiger partial charge in [-0.15, -0.1) is 0 Å². The quantitative estimate of drug-likeness (QED) is 0.583. The largest absolute Gasteiger partial charge is 0.349 e. The smallest absolute Gasteiger partial charge is 0.238 e. The summed E-state index contributed by atoms with van der Waals surface area (Å²) in [7, 11) is -1.97. The van der Waals surface area contributed by atoms with Crippen molar-refractivity contribution in [3.8, 4) is 0 Å². The van der Waals surface area contributed by atoms with Crippen LogP contribution in [0, 0.1) is 13.8 Å². The molecule has 0 aliphatic carbocycles. The van der Waals surface area contributed by atoms with Gasteiger partial charge in [0.2, 0.25) is 15.9 Å².